The van der Waals surface area contributed by atoms with Crippen molar-refractivity contribution in [1.29, 1.82) is 0 Å². The molecule has 2 heterocycles. The van der Waals surface area contributed by atoms with E-state index in [-0.39, 0.29) is 5.56 Å². The second kappa shape index (κ2) is 3.34. The Balaban J connectivity index is 2.63. The topological polar surface area (TPSA) is 54.6 Å². The van der Waals surface area contributed by atoms with E-state index in [9.17, 15) is 4.79 Å². The summed E-state index contributed by atoms with van der Waals surface area (Å²) in [7, 11) is 0. The van der Waals surface area contributed by atoms with Crippen LogP contribution in [-0.2, 0) is 5.75 Å². The van der Waals surface area contributed by atoms with Crippen molar-refractivity contribution < 1.29 is 9.90 Å². The molecule has 0 radical (unpaired) electrons. The van der Waals surface area contributed by atoms with Gasteiger partial charge in [-0.05, 0) is 12.1 Å². The van der Waals surface area contributed by atoms with E-state index >= 15 is 0 Å². The molecule has 72 valence electrons. The molecule has 0 saturated heterocycles. The van der Waals surface area contributed by atoms with E-state index in [1.165, 1.54) is 6.07 Å². The van der Waals surface area contributed by atoms with Crippen molar-refractivity contribution in [1.82, 2.24) is 9.38 Å². The van der Waals surface area contributed by atoms with Gasteiger partial charge in [0.05, 0.1) is 17.5 Å². The minimum atomic E-state index is -0.942. The van der Waals surface area contributed by atoms with Crippen molar-refractivity contribution in [3.63, 3.8) is 0 Å². The predicted molar refractivity (Wildman–Crippen MR) is 54.8 cm³/mol. The molecule has 0 aliphatic heterocycles. The summed E-state index contributed by atoms with van der Waals surface area (Å²) in [6.45, 7) is 0. The average Bonchev–Trinajstić information content (AvgIpc) is 2.59. The van der Waals surface area contributed by atoms with E-state index in [0.29, 0.717) is 11.4 Å². The Morgan fingerprint density at radius 2 is 2.43 bits per heavy atom. The quantitative estimate of drug-likeness (QED) is 0.735. The van der Waals surface area contributed by atoms with E-state index in [2.05, 4.69) is 17.6 Å². The number of carbonyl (C=O) groups is 1. The molecule has 5 heteroatoms. The van der Waals surface area contributed by atoms with E-state index in [4.69, 9.17) is 5.11 Å². The highest BCUT2D eigenvalue weighted by molar-refractivity contribution is 7.79. The van der Waals surface area contributed by atoms with Crippen LogP contribution in [0.2, 0.25) is 0 Å². The minimum absolute atomic E-state index is 0.244. The Bertz CT molecular complexity index is 493. The predicted octanol–water partition coefficient (Wildman–Crippen LogP) is 1.46. The Morgan fingerprint density at radius 1 is 1.64 bits per heavy atom. The summed E-state index contributed by atoms with van der Waals surface area (Å²) in [5.41, 5.74) is 1.82. The van der Waals surface area contributed by atoms with Crippen LogP contribution in [0.15, 0.2) is 24.5 Å². The van der Waals surface area contributed by atoms with Crippen LogP contribution in [0, 0.1) is 0 Å². The second-order valence-electron chi connectivity index (χ2n) is 2.86. The summed E-state index contributed by atoms with van der Waals surface area (Å²) in [4.78, 5) is 14.8. The maximum atomic E-state index is 10.7. The Hall–Kier alpha value is -1.49. The fraction of sp³-hybridized carbons (Fsp3) is 0.111. The molecule has 2 rings (SSSR count). The molecule has 0 atom stereocenters. The zero-order chi connectivity index (χ0) is 10.1. The molecule has 1 N–H and O–H groups in total. The highest BCUT2D eigenvalue weighted by Crippen LogP contribution is 2.10. The number of hydrogen-bond acceptors (Lipinski definition) is 3. The lowest BCUT2D eigenvalue weighted by Crippen LogP contribution is -1.98. The fourth-order valence-corrected chi connectivity index (χ4v) is 1.52. The van der Waals surface area contributed by atoms with Gasteiger partial charge in [-0.1, -0.05) is 0 Å². The number of nitrogens with zero attached hydrogens (tertiary/aromatic N) is 2. The number of fused-ring (bicyclic) bond motifs is 1. The van der Waals surface area contributed by atoms with Crippen LogP contribution in [-0.4, -0.2) is 20.5 Å². The summed E-state index contributed by atoms with van der Waals surface area (Å²) in [6, 6.07) is 3.08. The standard InChI is InChI=1S/C9H8N2O2S/c12-9(13)6-1-2-11-7(5-14)4-10-8(11)3-6/h1-4,14H,5H2,(H,12,13). The molecule has 0 aliphatic carbocycles. The third-order valence-electron chi connectivity index (χ3n) is 2.00. The van der Waals surface area contributed by atoms with Gasteiger partial charge in [0.1, 0.15) is 5.65 Å². The Labute approximate surface area is 85.6 Å². The van der Waals surface area contributed by atoms with Crippen LogP contribution < -0.4 is 0 Å². The first-order valence-electron chi connectivity index (χ1n) is 4.02. The van der Waals surface area contributed by atoms with Gasteiger partial charge in [-0.3, -0.25) is 0 Å². The van der Waals surface area contributed by atoms with Gasteiger partial charge >= 0.3 is 5.97 Å². The van der Waals surface area contributed by atoms with Crippen LogP contribution in [0.4, 0.5) is 0 Å². The number of carboxylic acid groups (broad SMARTS) is 1. The number of hydrogen-bond donors (Lipinski definition) is 2. The number of aromatic nitrogens is 2. The molecular weight excluding hydrogens is 200 g/mol. The zero-order valence-electron chi connectivity index (χ0n) is 7.21. The van der Waals surface area contributed by atoms with Crippen LogP contribution in [0.3, 0.4) is 0 Å². The van der Waals surface area contributed by atoms with Crippen LogP contribution >= 0.6 is 12.6 Å². The third-order valence-corrected chi connectivity index (χ3v) is 2.32. The first kappa shape index (κ1) is 9.08. The molecule has 0 bridgehead atoms. The summed E-state index contributed by atoms with van der Waals surface area (Å²) in [5.74, 6) is -0.365. The lowest BCUT2D eigenvalue weighted by atomic mass is 10.3. The molecular formula is C9H8N2O2S. The number of pyridine rings is 1. The highest BCUT2D eigenvalue weighted by atomic mass is 32.1. The summed E-state index contributed by atoms with van der Waals surface area (Å²) < 4.78 is 1.82. The van der Waals surface area contributed by atoms with Crippen LogP contribution in [0.25, 0.3) is 5.65 Å². The Morgan fingerprint density at radius 3 is 3.07 bits per heavy atom. The zero-order valence-corrected chi connectivity index (χ0v) is 8.11. The number of carboxylic acids is 1. The van der Waals surface area contributed by atoms with Gasteiger partial charge in [0.15, 0.2) is 0 Å². The molecule has 0 fully saturated rings. The molecule has 2 aromatic heterocycles. The maximum Gasteiger partial charge on any atom is 0.335 e. The van der Waals surface area contributed by atoms with Gasteiger partial charge < -0.3 is 9.51 Å². The molecule has 0 spiro atoms. The SMILES string of the molecule is O=C(O)c1ccn2c(CS)cnc2c1. The molecule has 0 aromatic carbocycles. The number of thiol groups is 1. The van der Waals surface area contributed by atoms with Crippen molar-refractivity contribution >= 4 is 24.2 Å². The molecule has 0 amide bonds. The van der Waals surface area contributed by atoms with Gasteiger partial charge in [-0.15, -0.1) is 0 Å². The van der Waals surface area contributed by atoms with Crippen molar-refractivity contribution in [2.24, 2.45) is 0 Å². The van der Waals surface area contributed by atoms with Gasteiger partial charge in [0.25, 0.3) is 0 Å². The lowest BCUT2D eigenvalue weighted by Gasteiger charge is -1.98. The van der Waals surface area contributed by atoms with Gasteiger partial charge in [-0.2, -0.15) is 12.6 Å². The molecule has 0 unspecified atom stereocenters. The number of aromatic carboxylic acids is 1. The van der Waals surface area contributed by atoms with Crippen molar-refractivity contribution in [3.05, 3.63) is 35.8 Å². The van der Waals surface area contributed by atoms with Crippen molar-refractivity contribution in [3.8, 4) is 0 Å². The Kier molecular flexibility index (Phi) is 2.17. The van der Waals surface area contributed by atoms with E-state index < -0.39 is 5.97 Å². The second-order valence-corrected chi connectivity index (χ2v) is 3.17. The van der Waals surface area contributed by atoms with Crippen molar-refractivity contribution in [2.75, 3.05) is 0 Å². The summed E-state index contributed by atoms with van der Waals surface area (Å²) >= 11 is 4.14. The van der Waals surface area contributed by atoms with Gasteiger partial charge in [0.2, 0.25) is 0 Å². The fourth-order valence-electron chi connectivity index (χ4n) is 1.28. The van der Waals surface area contributed by atoms with Crippen molar-refractivity contribution in [2.45, 2.75) is 5.75 Å². The summed E-state index contributed by atoms with van der Waals surface area (Å²) in [6.07, 6.45) is 3.38. The summed E-state index contributed by atoms with van der Waals surface area (Å²) in [5, 5.41) is 8.76. The minimum Gasteiger partial charge on any atom is -0.478 e. The molecule has 4 nitrogen and oxygen atoms in total. The largest absolute Gasteiger partial charge is 0.478 e. The van der Waals surface area contributed by atoms with E-state index in [1.807, 2.05) is 4.40 Å². The third kappa shape index (κ3) is 1.35. The molecule has 2 aromatic rings. The maximum absolute atomic E-state index is 10.7. The van der Waals surface area contributed by atoms with E-state index in [1.54, 1.807) is 18.5 Å². The monoisotopic (exact) mass is 208 g/mol. The van der Waals surface area contributed by atoms with Gasteiger partial charge in [-0.25, -0.2) is 9.78 Å². The number of imidazole rings is 1. The molecule has 0 saturated carbocycles. The lowest BCUT2D eigenvalue weighted by molar-refractivity contribution is 0.0697. The first-order valence-corrected chi connectivity index (χ1v) is 4.66. The molecule has 14 heavy (non-hydrogen) atoms. The highest BCUT2D eigenvalue weighted by Gasteiger charge is 2.06. The molecule has 0 aliphatic rings. The smallest absolute Gasteiger partial charge is 0.335 e. The number of rotatable bonds is 2. The average molecular weight is 208 g/mol. The van der Waals surface area contributed by atoms with Crippen LogP contribution in [0.1, 0.15) is 16.1 Å². The van der Waals surface area contributed by atoms with Gasteiger partial charge in [0, 0.05) is 11.9 Å². The normalized spacial score (nSPS) is 10.6. The first-order chi connectivity index (χ1) is 6.72. The van der Waals surface area contributed by atoms with E-state index in [0.717, 1.165) is 5.69 Å². The van der Waals surface area contributed by atoms with Crippen LogP contribution in [0.5, 0.6) is 0 Å².